The number of nitrogens with one attached hydrogen (secondary N) is 1. The first-order valence-electron chi connectivity index (χ1n) is 3.86. The maximum Gasteiger partial charge on any atom is 0.141 e. The average Bonchev–Trinajstić information content (AvgIpc) is 2.20. The minimum atomic E-state index is 0.239. The van der Waals surface area contributed by atoms with Gasteiger partial charge in [0.15, 0.2) is 0 Å². The van der Waals surface area contributed by atoms with E-state index in [2.05, 4.69) is 17.2 Å². The van der Waals surface area contributed by atoms with Crippen molar-refractivity contribution >= 4 is 28.3 Å². The predicted molar refractivity (Wildman–Crippen MR) is 58.7 cm³/mol. The van der Waals surface area contributed by atoms with Crippen molar-refractivity contribution in [1.82, 2.24) is 4.98 Å². The number of aromatic hydroxyl groups is 1. The highest BCUT2D eigenvalue weighted by molar-refractivity contribution is 7.78. The number of pyridine rings is 1. The van der Waals surface area contributed by atoms with Gasteiger partial charge < -0.3 is 5.11 Å². The number of hydrogen-bond donors (Lipinski definition) is 2. The highest BCUT2D eigenvalue weighted by Crippen LogP contribution is 2.20. The van der Waals surface area contributed by atoms with Crippen molar-refractivity contribution in [3.8, 4) is 5.75 Å². The molecule has 0 radical (unpaired) electrons. The molecule has 1 aromatic heterocycles. The van der Waals surface area contributed by atoms with Gasteiger partial charge in [0.2, 0.25) is 0 Å². The number of nitrogens with zero attached hydrogens (tertiary/aromatic N) is 1. The SMILES string of the molecule is N=C=S.Oc1cccc2cccnc12. The summed E-state index contributed by atoms with van der Waals surface area (Å²) in [6, 6.07) is 9.13. The number of rotatable bonds is 0. The molecule has 0 saturated carbocycles. The van der Waals surface area contributed by atoms with E-state index < -0.39 is 0 Å². The van der Waals surface area contributed by atoms with Gasteiger partial charge in [0.1, 0.15) is 11.3 Å². The van der Waals surface area contributed by atoms with Crippen molar-refractivity contribution in [2.75, 3.05) is 0 Å². The van der Waals surface area contributed by atoms with Gasteiger partial charge in [0, 0.05) is 11.6 Å². The maximum absolute atomic E-state index is 9.31. The zero-order chi connectivity index (χ0) is 10.4. The van der Waals surface area contributed by atoms with E-state index >= 15 is 0 Å². The van der Waals surface area contributed by atoms with Crippen LogP contribution in [0.3, 0.4) is 0 Å². The van der Waals surface area contributed by atoms with E-state index in [-0.39, 0.29) is 5.75 Å². The average molecular weight is 204 g/mol. The molecule has 0 aliphatic rings. The number of para-hydroxylation sites is 1. The lowest BCUT2D eigenvalue weighted by molar-refractivity contribution is 0.480. The summed E-state index contributed by atoms with van der Waals surface area (Å²) in [7, 11) is 0. The zero-order valence-corrected chi connectivity index (χ0v) is 8.08. The molecule has 3 nitrogen and oxygen atoms in total. The molecule has 2 N–H and O–H groups in total. The lowest BCUT2D eigenvalue weighted by Crippen LogP contribution is -1.76. The van der Waals surface area contributed by atoms with Gasteiger partial charge >= 0.3 is 0 Å². The normalized spacial score (nSPS) is 8.57. The Morgan fingerprint density at radius 3 is 2.57 bits per heavy atom. The molecule has 1 aromatic carbocycles. The van der Waals surface area contributed by atoms with Crippen LogP contribution in [0, 0.1) is 5.41 Å². The summed E-state index contributed by atoms with van der Waals surface area (Å²) in [6.45, 7) is 0. The van der Waals surface area contributed by atoms with Crippen molar-refractivity contribution in [3.63, 3.8) is 0 Å². The van der Waals surface area contributed by atoms with E-state index in [4.69, 9.17) is 5.41 Å². The number of phenolic OH excluding ortho intramolecular Hbond substituents is 1. The Hall–Kier alpha value is -1.77. The first kappa shape index (κ1) is 10.3. The van der Waals surface area contributed by atoms with Crippen LogP contribution in [0.15, 0.2) is 36.5 Å². The van der Waals surface area contributed by atoms with Crippen LogP contribution in [-0.2, 0) is 0 Å². The first-order valence-corrected chi connectivity index (χ1v) is 4.27. The van der Waals surface area contributed by atoms with E-state index in [1.165, 1.54) is 0 Å². The van der Waals surface area contributed by atoms with Gasteiger partial charge in [-0.05, 0) is 24.4 Å². The fourth-order valence-electron chi connectivity index (χ4n) is 1.09. The van der Waals surface area contributed by atoms with Crippen LogP contribution in [0.2, 0.25) is 0 Å². The predicted octanol–water partition coefficient (Wildman–Crippen LogP) is 2.61. The van der Waals surface area contributed by atoms with Gasteiger partial charge in [0.25, 0.3) is 0 Å². The maximum atomic E-state index is 9.31. The number of aromatic nitrogens is 1. The summed E-state index contributed by atoms with van der Waals surface area (Å²) >= 11 is 3.81. The molecule has 0 fully saturated rings. The molecule has 0 unspecified atom stereocenters. The fourth-order valence-corrected chi connectivity index (χ4v) is 1.09. The fraction of sp³-hybridized carbons (Fsp3) is 0. The molecule has 0 bridgehead atoms. The van der Waals surface area contributed by atoms with E-state index in [1.807, 2.05) is 18.2 Å². The van der Waals surface area contributed by atoms with Crippen LogP contribution in [0.5, 0.6) is 5.75 Å². The number of thiocarbonyl (C=S) groups is 1. The van der Waals surface area contributed by atoms with Crippen LogP contribution >= 0.6 is 12.2 Å². The minimum Gasteiger partial charge on any atom is -0.506 e. The standard InChI is InChI=1S/C9H7NO.CHNS/c11-8-5-1-3-7-4-2-6-10-9(7)8;2-1-3/h1-6,11H;2H. The third kappa shape index (κ3) is 2.36. The molecule has 1 heterocycles. The summed E-state index contributed by atoms with van der Waals surface area (Å²) in [5.74, 6) is 0.239. The zero-order valence-electron chi connectivity index (χ0n) is 7.27. The molecule has 0 spiro atoms. The van der Waals surface area contributed by atoms with Crippen molar-refractivity contribution in [2.45, 2.75) is 0 Å². The molecule has 4 heteroatoms. The summed E-state index contributed by atoms with van der Waals surface area (Å²) in [4.78, 5) is 4.03. The number of fused-ring (bicyclic) bond motifs is 1. The Kier molecular flexibility index (Phi) is 3.73. The monoisotopic (exact) mass is 204 g/mol. The molecule has 2 rings (SSSR count). The van der Waals surface area contributed by atoms with Crippen LogP contribution in [0.1, 0.15) is 0 Å². The lowest BCUT2D eigenvalue weighted by atomic mass is 10.2. The summed E-state index contributed by atoms with van der Waals surface area (Å²) in [6.07, 6.45) is 1.67. The van der Waals surface area contributed by atoms with E-state index in [9.17, 15) is 5.11 Å². The summed E-state index contributed by atoms with van der Waals surface area (Å²) in [5, 5.41) is 17.6. The summed E-state index contributed by atoms with van der Waals surface area (Å²) < 4.78 is 0. The van der Waals surface area contributed by atoms with E-state index in [0.29, 0.717) is 5.52 Å². The highest BCUT2D eigenvalue weighted by Gasteiger charge is 1.96. The second-order valence-corrected chi connectivity index (χ2v) is 2.66. The lowest BCUT2D eigenvalue weighted by Gasteiger charge is -1.96. The van der Waals surface area contributed by atoms with Crippen molar-refractivity contribution in [1.29, 1.82) is 5.41 Å². The number of phenols is 1. The van der Waals surface area contributed by atoms with E-state index in [1.54, 1.807) is 23.5 Å². The Bertz CT molecular complexity index is 459. The summed E-state index contributed by atoms with van der Waals surface area (Å²) in [5.41, 5.74) is 0.662. The molecular formula is C10H8N2OS. The Balaban J connectivity index is 0.000000293. The topological polar surface area (TPSA) is 57.0 Å². The van der Waals surface area contributed by atoms with Crippen molar-refractivity contribution in [2.24, 2.45) is 0 Å². The van der Waals surface area contributed by atoms with Crippen LogP contribution < -0.4 is 0 Å². The Morgan fingerprint density at radius 1 is 1.29 bits per heavy atom. The molecular weight excluding hydrogens is 196 g/mol. The van der Waals surface area contributed by atoms with Crippen LogP contribution in [-0.4, -0.2) is 15.3 Å². The van der Waals surface area contributed by atoms with Crippen molar-refractivity contribution in [3.05, 3.63) is 36.5 Å². The van der Waals surface area contributed by atoms with Gasteiger partial charge in [-0.25, -0.2) is 5.41 Å². The Morgan fingerprint density at radius 2 is 1.93 bits per heavy atom. The molecule has 0 amide bonds. The molecule has 0 aliphatic heterocycles. The molecule has 0 aliphatic carbocycles. The smallest absolute Gasteiger partial charge is 0.141 e. The van der Waals surface area contributed by atoms with Crippen LogP contribution in [0.25, 0.3) is 10.9 Å². The first-order chi connectivity index (χ1) is 6.79. The van der Waals surface area contributed by atoms with Gasteiger partial charge in [-0.15, -0.1) is 0 Å². The highest BCUT2D eigenvalue weighted by atomic mass is 32.1. The molecule has 70 valence electrons. The van der Waals surface area contributed by atoms with Gasteiger partial charge in [-0.2, -0.15) is 0 Å². The Labute approximate surface area is 86.5 Å². The molecule has 2 aromatic rings. The third-order valence-electron chi connectivity index (χ3n) is 1.61. The van der Waals surface area contributed by atoms with Gasteiger partial charge in [-0.3, -0.25) is 4.98 Å². The third-order valence-corrected chi connectivity index (χ3v) is 1.61. The second-order valence-electron chi connectivity index (χ2n) is 2.45. The number of benzene rings is 1. The number of isothiocyanates is 1. The minimum absolute atomic E-state index is 0.239. The van der Waals surface area contributed by atoms with Gasteiger partial charge in [-0.1, -0.05) is 18.2 Å². The van der Waals surface area contributed by atoms with Crippen LogP contribution in [0.4, 0.5) is 0 Å². The second kappa shape index (κ2) is 5.07. The van der Waals surface area contributed by atoms with E-state index in [0.717, 1.165) is 5.39 Å². The molecule has 0 atom stereocenters. The molecule has 14 heavy (non-hydrogen) atoms. The number of hydrogen-bond acceptors (Lipinski definition) is 4. The van der Waals surface area contributed by atoms with Gasteiger partial charge in [0.05, 0.1) is 5.16 Å². The molecule has 0 saturated heterocycles. The van der Waals surface area contributed by atoms with Crippen molar-refractivity contribution < 1.29 is 5.11 Å². The largest absolute Gasteiger partial charge is 0.506 e. The quantitative estimate of drug-likeness (QED) is 0.512.